The SMILES string of the molecule is CCNCc1ccc(F)c(CN2CCSC(C)C2C)c1. The van der Waals surface area contributed by atoms with Crippen LogP contribution in [0.2, 0.25) is 0 Å². The highest BCUT2D eigenvalue weighted by atomic mass is 32.2. The Morgan fingerprint density at radius 3 is 2.95 bits per heavy atom. The molecule has 1 N–H and O–H groups in total. The summed E-state index contributed by atoms with van der Waals surface area (Å²) < 4.78 is 14.0. The van der Waals surface area contributed by atoms with Crippen molar-refractivity contribution in [2.24, 2.45) is 0 Å². The van der Waals surface area contributed by atoms with Crippen LogP contribution in [0.1, 0.15) is 31.9 Å². The smallest absolute Gasteiger partial charge is 0.127 e. The summed E-state index contributed by atoms with van der Waals surface area (Å²) >= 11 is 2.01. The van der Waals surface area contributed by atoms with Gasteiger partial charge in [-0.1, -0.05) is 26.0 Å². The molecule has 112 valence electrons. The molecule has 0 spiro atoms. The van der Waals surface area contributed by atoms with E-state index in [0.717, 1.165) is 43.1 Å². The van der Waals surface area contributed by atoms with Crippen LogP contribution >= 0.6 is 11.8 Å². The maximum atomic E-state index is 14.0. The van der Waals surface area contributed by atoms with Gasteiger partial charge in [-0.3, -0.25) is 4.90 Å². The third-order valence-electron chi connectivity index (χ3n) is 4.08. The topological polar surface area (TPSA) is 15.3 Å². The van der Waals surface area contributed by atoms with Gasteiger partial charge in [-0.15, -0.1) is 0 Å². The standard InChI is InChI=1S/C16H25FN2S/c1-4-18-10-14-5-6-16(17)15(9-14)11-19-7-8-20-13(3)12(19)2/h5-6,9,12-13,18H,4,7-8,10-11H2,1-3H3. The Hall–Kier alpha value is -0.580. The maximum absolute atomic E-state index is 14.0. The molecule has 1 saturated heterocycles. The van der Waals surface area contributed by atoms with Crippen LogP contribution in [-0.2, 0) is 13.1 Å². The Bertz CT molecular complexity index is 438. The molecule has 0 bridgehead atoms. The van der Waals surface area contributed by atoms with Crippen molar-refractivity contribution in [3.8, 4) is 0 Å². The van der Waals surface area contributed by atoms with E-state index in [-0.39, 0.29) is 5.82 Å². The summed E-state index contributed by atoms with van der Waals surface area (Å²) in [5.74, 6) is 1.06. The number of thioether (sulfide) groups is 1. The van der Waals surface area contributed by atoms with Gasteiger partial charge >= 0.3 is 0 Å². The molecule has 1 aromatic rings. The zero-order valence-corrected chi connectivity index (χ0v) is 13.5. The number of hydrogen-bond acceptors (Lipinski definition) is 3. The summed E-state index contributed by atoms with van der Waals surface area (Å²) in [6.45, 7) is 10.1. The average Bonchev–Trinajstić information content (AvgIpc) is 2.44. The van der Waals surface area contributed by atoms with Gasteiger partial charge in [-0.2, -0.15) is 11.8 Å². The zero-order chi connectivity index (χ0) is 14.5. The maximum Gasteiger partial charge on any atom is 0.127 e. The lowest BCUT2D eigenvalue weighted by Crippen LogP contribution is -2.44. The predicted octanol–water partition coefficient (Wildman–Crippen LogP) is 3.26. The molecular formula is C16H25FN2S. The van der Waals surface area contributed by atoms with Gasteiger partial charge in [-0.25, -0.2) is 4.39 Å². The first-order valence-electron chi connectivity index (χ1n) is 7.45. The molecule has 2 rings (SSSR count). The van der Waals surface area contributed by atoms with Gasteiger partial charge in [0.15, 0.2) is 0 Å². The normalized spacial score (nSPS) is 24.0. The van der Waals surface area contributed by atoms with Gasteiger partial charge < -0.3 is 5.32 Å². The van der Waals surface area contributed by atoms with Crippen LogP contribution in [0.15, 0.2) is 18.2 Å². The van der Waals surface area contributed by atoms with E-state index in [9.17, 15) is 4.39 Å². The molecule has 4 heteroatoms. The summed E-state index contributed by atoms with van der Waals surface area (Å²) in [4.78, 5) is 2.40. The van der Waals surface area contributed by atoms with Crippen LogP contribution < -0.4 is 5.32 Å². The summed E-state index contributed by atoms with van der Waals surface area (Å²) in [5.41, 5.74) is 1.99. The van der Waals surface area contributed by atoms with Gasteiger partial charge in [0, 0.05) is 42.2 Å². The van der Waals surface area contributed by atoms with Crippen molar-refractivity contribution in [1.82, 2.24) is 10.2 Å². The molecule has 1 heterocycles. The van der Waals surface area contributed by atoms with Crippen molar-refractivity contribution >= 4 is 11.8 Å². The highest BCUT2D eigenvalue weighted by Crippen LogP contribution is 2.26. The Kier molecular flexibility index (Phi) is 5.87. The largest absolute Gasteiger partial charge is 0.313 e. The van der Waals surface area contributed by atoms with E-state index in [2.05, 4.69) is 31.0 Å². The number of nitrogens with zero attached hydrogens (tertiary/aromatic N) is 1. The molecule has 1 aromatic carbocycles. The molecule has 1 fully saturated rings. The molecule has 0 aliphatic carbocycles. The fraction of sp³-hybridized carbons (Fsp3) is 0.625. The summed E-state index contributed by atoms with van der Waals surface area (Å²) in [6.07, 6.45) is 0. The van der Waals surface area contributed by atoms with Crippen molar-refractivity contribution in [1.29, 1.82) is 0 Å². The van der Waals surface area contributed by atoms with Crippen LogP contribution in [-0.4, -0.2) is 35.0 Å². The van der Waals surface area contributed by atoms with Crippen LogP contribution in [0, 0.1) is 5.82 Å². The van der Waals surface area contributed by atoms with Crippen molar-refractivity contribution in [2.75, 3.05) is 18.8 Å². The van der Waals surface area contributed by atoms with Gasteiger partial charge in [0.2, 0.25) is 0 Å². The highest BCUT2D eigenvalue weighted by Gasteiger charge is 2.25. The molecule has 20 heavy (non-hydrogen) atoms. The van der Waals surface area contributed by atoms with Crippen LogP contribution in [0.5, 0.6) is 0 Å². The van der Waals surface area contributed by atoms with E-state index in [4.69, 9.17) is 0 Å². The van der Waals surface area contributed by atoms with Crippen molar-refractivity contribution < 1.29 is 4.39 Å². The average molecular weight is 296 g/mol. The van der Waals surface area contributed by atoms with E-state index >= 15 is 0 Å². The Labute approximate surface area is 126 Å². The van der Waals surface area contributed by atoms with E-state index in [1.165, 1.54) is 0 Å². The van der Waals surface area contributed by atoms with Crippen molar-refractivity contribution in [3.63, 3.8) is 0 Å². The van der Waals surface area contributed by atoms with E-state index in [0.29, 0.717) is 11.3 Å². The molecule has 2 atom stereocenters. The van der Waals surface area contributed by atoms with Crippen molar-refractivity contribution in [2.45, 2.75) is 45.2 Å². The van der Waals surface area contributed by atoms with Gasteiger partial charge in [-0.05, 0) is 25.1 Å². The molecule has 2 nitrogen and oxygen atoms in total. The molecule has 0 saturated carbocycles. The predicted molar refractivity (Wildman–Crippen MR) is 85.6 cm³/mol. The second kappa shape index (κ2) is 7.43. The number of benzene rings is 1. The lowest BCUT2D eigenvalue weighted by atomic mass is 10.1. The number of halogens is 1. The molecule has 1 aliphatic rings. The molecular weight excluding hydrogens is 271 g/mol. The third kappa shape index (κ3) is 3.96. The zero-order valence-electron chi connectivity index (χ0n) is 12.7. The van der Waals surface area contributed by atoms with Crippen LogP contribution in [0.3, 0.4) is 0 Å². The van der Waals surface area contributed by atoms with E-state index in [1.807, 2.05) is 23.9 Å². The Morgan fingerprint density at radius 1 is 1.40 bits per heavy atom. The molecule has 0 amide bonds. The Balaban J connectivity index is 2.07. The minimum Gasteiger partial charge on any atom is -0.313 e. The van der Waals surface area contributed by atoms with Crippen LogP contribution in [0.25, 0.3) is 0 Å². The first kappa shape index (κ1) is 15.8. The van der Waals surface area contributed by atoms with Gasteiger partial charge in [0.05, 0.1) is 0 Å². The second-order valence-corrected chi connectivity index (χ2v) is 6.98. The van der Waals surface area contributed by atoms with E-state index in [1.54, 1.807) is 6.07 Å². The van der Waals surface area contributed by atoms with Gasteiger partial charge in [0.1, 0.15) is 5.82 Å². The molecule has 0 radical (unpaired) electrons. The summed E-state index contributed by atoms with van der Waals surface area (Å²) in [7, 11) is 0. The minimum atomic E-state index is -0.0803. The summed E-state index contributed by atoms with van der Waals surface area (Å²) in [5, 5.41) is 3.91. The Morgan fingerprint density at radius 2 is 2.20 bits per heavy atom. The lowest BCUT2D eigenvalue weighted by molar-refractivity contribution is 0.202. The third-order valence-corrected chi connectivity index (χ3v) is 5.42. The molecule has 0 aromatic heterocycles. The minimum absolute atomic E-state index is 0.0803. The highest BCUT2D eigenvalue weighted by molar-refractivity contribution is 8.00. The number of hydrogen-bond donors (Lipinski definition) is 1. The second-order valence-electron chi connectivity index (χ2n) is 5.49. The van der Waals surface area contributed by atoms with E-state index < -0.39 is 0 Å². The first-order chi connectivity index (χ1) is 9.61. The quantitative estimate of drug-likeness (QED) is 0.898. The monoisotopic (exact) mass is 296 g/mol. The summed E-state index contributed by atoms with van der Waals surface area (Å²) in [6, 6.07) is 6.00. The van der Waals surface area contributed by atoms with Crippen LogP contribution in [0.4, 0.5) is 4.39 Å². The number of rotatable bonds is 5. The van der Waals surface area contributed by atoms with Crippen molar-refractivity contribution in [3.05, 3.63) is 35.1 Å². The molecule has 2 unspecified atom stereocenters. The first-order valence-corrected chi connectivity index (χ1v) is 8.50. The lowest BCUT2D eigenvalue weighted by Gasteiger charge is -2.37. The molecule has 1 aliphatic heterocycles. The number of nitrogens with one attached hydrogen (secondary N) is 1. The fourth-order valence-corrected chi connectivity index (χ4v) is 3.73. The van der Waals surface area contributed by atoms with Gasteiger partial charge in [0.25, 0.3) is 0 Å². The fourth-order valence-electron chi connectivity index (χ4n) is 2.57.